The molecule has 0 radical (unpaired) electrons. The minimum atomic E-state index is 0.197. The predicted molar refractivity (Wildman–Crippen MR) is 64.1 cm³/mol. The van der Waals surface area contributed by atoms with Gasteiger partial charge in [0.25, 0.3) is 0 Å². The van der Waals surface area contributed by atoms with Crippen LogP contribution in [-0.4, -0.2) is 21.6 Å². The summed E-state index contributed by atoms with van der Waals surface area (Å²) in [6.07, 6.45) is 4.91. The number of imidazole rings is 1. The van der Waals surface area contributed by atoms with Gasteiger partial charge in [0.1, 0.15) is 0 Å². The van der Waals surface area contributed by atoms with E-state index in [1.54, 1.807) is 0 Å². The maximum absolute atomic E-state index is 4.19. The van der Waals surface area contributed by atoms with Crippen molar-refractivity contribution >= 4 is 0 Å². The van der Waals surface area contributed by atoms with E-state index >= 15 is 0 Å². The lowest BCUT2D eigenvalue weighted by Gasteiger charge is -2.21. The fourth-order valence-electron chi connectivity index (χ4n) is 1.56. The number of hydrogen-bond donors (Lipinski definition) is 1. The van der Waals surface area contributed by atoms with Crippen LogP contribution in [0.5, 0.6) is 0 Å². The average Bonchev–Trinajstić information content (AvgIpc) is 2.49. The van der Waals surface area contributed by atoms with E-state index in [1.807, 2.05) is 12.5 Å². The maximum atomic E-state index is 4.19. The Kier molecular flexibility index (Phi) is 3.91. The van der Waals surface area contributed by atoms with Gasteiger partial charge in [0.2, 0.25) is 0 Å². The molecule has 86 valence electrons. The van der Waals surface area contributed by atoms with E-state index in [-0.39, 0.29) is 5.54 Å². The van der Waals surface area contributed by atoms with Crippen LogP contribution in [0.2, 0.25) is 0 Å². The van der Waals surface area contributed by atoms with Crippen molar-refractivity contribution in [3.63, 3.8) is 0 Å². The molecule has 0 unspecified atom stereocenters. The second-order valence-electron chi connectivity index (χ2n) is 5.31. The van der Waals surface area contributed by atoms with Crippen molar-refractivity contribution in [2.45, 2.75) is 52.6 Å². The second kappa shape index (κ2) is 4.79. The zero-order chi connectivity index (χ0) is 11.5. The molecular weight excluding hydrogens is 186 g/mol. The summed E-state index contributed by atoms with van der Waals surface area (Å²) >= 11 is 0. The highest BCUT2D eigenvalue weighted by Gasteiger charge is 2.09. The van der Waals surface area contributed by atoms with Crippen LogP contribution < -0.4 is 5.32 Å². The molecule has 0 fully saturated rings. The van der Waals surface area contributed by atoms with E-state index in [0.717, 1.165) is 13.0 Å². The van der Waals surface area contributed by atoms with Gasteiger partial charge in [-0.25, -0.2) is 4.98 Å². The molecule has 15 heavy (non-hydrogen) atoms. The summed E-state index contributed by atoms with van der Waals surface area (Å²) in [6.45, 7) is 11.9. The molecule has 0 amide bonds. The number of rotatable bonds is 4. The van der Waals surface area contributed by atoms with E-state index in [4.69, 9.17) is 0 Å². The fourth-order valence-corrected chi connectivity index (χ4v) is 1.56. The first-order chi connectivity index (χ1) is 6.90. The topological polar surface area (TPSA) is 29.9 Å². The zero-order valence-electron chi connectivity index (χ0n) is 10.5. The van der Waals surface area contributed by atoms with Gasteiger partial charge in [-0.15, -0.1) is 0 Å². The van der Waals surface area contributed by atoms with Crippen LogP contribution in [0.15, 0.2) is 12.5 Å². The van der Waals surface area contributed by atoms with Gasteiger partial charge in [-0.2, -0.15) is 0 Å². The highest BCUT2D eigenvalue weighted by atomic mass is 15.1. The Labute approximate surface area is 92.9 Å². The molecule has 1 rings (SSSR count). The normalized spacial score (nSPS) is 12.4. The third-order valence-corrected chi connectivity index (χ3v) is 2.34. The minimum absolute atomic E-state index is 0.197. The first kappa shape index (κ1) is 12.2. The molecule has 1 N–H and O–H groups in total. The number of nitrogens with zero attached hydrogens (tertiary/aromatic N) is 2. The van der Waals surface area contributed by atoms with Gasteiger partial charge < -0.3 is 9.88 Å². The Balaban J connectivity index is 2.47. The lowest BCUT2D eigenvalue weighted by molar-refractivity contribution is 0.425. The third-order valence-electron chi connectivity index (χ3n) is 2.34. The van der Waals surface area contributed by atoms with E-state index in [1.165, 1.54) is 5.69 Å². The SMILES string of the molecule is CC(C)n1cncc1CCNC(C)(C)C. The van der Waals surface area contributed by atoms with Gasteiger partial charge in [0.05, 0.1) is 6.33 Å². The van der Waals surface area contributed by atoms with Crippen LogP contribution in [0.1, 0.15) is 46.4 Å². The number of nitrogens with one attached hydrogen (secondary N) is 1. The standard InChI is InChI=1S/C12H23N3/c1-10(2)15-9-13-8-11(15)6-7-14-12(3,4)5/h8-10,14H,6-7H2,1-5H3. The zero-order valence-corrected chi connectivity index (χ0v) is 10.5. The predicted octanol–water partition coefficient (Wildman–Crippen LogP) is 2.39. The van der Waals surface area contributed by atoms with Crippen LogP contribution in [0.4, 0.5) is 0 Å². The molecule has 0 spiro atoms. The van der Waals surface area contributed by atoms with Crippen LogP contribution in [-0.2, 0) is 6.42 Å². The molecule has 0 saturated heterocycles. The Morgan fingerprint density at radius 2 is 2.07 bits per heavy atom. The fraction of sp³-hybridized carbons (Fsp3) is 0.750. The van der Waals surface area contributed by atoms with Gasteiger partial charge in [-0.3, -0.25) is 0 Å². The minimum Gasteiger partial charge on any atom is -0.332 e. The number of aromatic nitrogens is 2. The Morgan fingerprint density at radius 3 is 2.60 bits per heavy atom. The van der Waals surface area contributed by atoms with Crippen LogP contribution in [0, 0.1) is 0 Å². The summed E-state index contributed by atoms with van der Waals surface area (Å²) in [5.74, 6) is 0. The summed E-state index contributed by atoms with van der Waals surface area (Å²) in [6, 6.07) is 0.497. The molecule has 1 aromatic heterocycles. The summed E-state index contributed by atoms with van der Waals surface area (Å²) < 4.78 is 2.23. The van der Waals surface area contributed by atoms with Gasteiger partial charge in [-0.05, 0) is 34.6 Å². The third kappa shape index (κ3) is 4.04. The summed E-state index contributed by atoms with van der Waals surface area (Å²) in [5, 5.41) is 3.49. The van der Waals surface area contributed by atoms with Gasteiger partial charge in [0, 0.05) is 36.4 Å². The van der Waals surface area contributed by atoms with Crippen molar-refractivity contribution in [3.05, 3.63) is 18.2 Å². The average molecular weight is 209 g/mol. The van der Waals surface area contributed by atoms with Crippen molar-refractivity contribution in [3.8, 4) is 0 Å². The lowest BCUT2D eigenvalue weighted by Crippen LogP contribution is -2.37. The maximum Gasteiger partial charge on any atom is 0.0950 e. The van der Waals surface area contributed by atoms with Crippen LogP contribution in [0.25, 0.3) is 0 Å². The first-order valence-corrected chi connectivity index (χ1v) is 5.66. The van der Waals surface area contributed by atoms with Crippen LogP contribution in [0.3, 0.4) is 0 Å². The molecule has 0 aliphatic heterocycles. The highest BCUT2D eigenvalue weighted by molar-refractivity contribution is 5.00. The van der Waals surface area contributed by atoms with Crippen molar-refractivity contribution in [2.75, 3.05) is 6.54 Å². The highest BCUT2D eigenvalue weighted by Crippen LogP contribution is 2.09. The summed E-state index contributed by atoms with van der Waals surface area (Å²) in [7, 11) is 0. The lowest BCUT2D eigenvalue weighted by atomic mass is 10.1. The molecule has 0 saturated carbocycles. The van der Waals surface area contributed by atoms with Gasteiger partial charge in [-0.1, -0.05) is 0 Å². The van der Waals surface area contributed by atoms with E-state index in [0.29, 0.717) is 6.04 Å². The molecule has 1 aromatic rings. The molecule has 0 aliphatic rings. The van der Waals surface area contributed by atoms with E-state index < -0.39 is 0 Å². The summed E-state index contributed by atoms with van der Waals surface area (Å²) in [5.41, 5.74) is 1.50. The molecule has 1 heterocycles. The smallest absolute Gasteiger partial charge is 0.0950 e. The van der Waals surface area contributed by atoms with Crippen LogP contribution >= 0.6 is 0 Å². The van der Waals surface area contributed by atoms with E-state index in [9.17, 15) is 0 Å². The Hall–Kier alpha value is -0.830. The molecule has 0 aromatic carbocycles. The van der Waals surface area contributed by atoms with Gasteiger partial charge in [0.15, 0.2) is 0 Å². The monoisotopic (exact) mass is 209 g/mol. The first-order valence-electron chi connectivity index (χ1n) is 5.66. The quantitative estimate of drug-likeness (QED) is 0.825. The number of hydrogen-bond acceptors (Lipinski definition) is 2. The van der Waals surface area contributed by atoms with Crippen molar-refractivity contribution in [1.29, 1.82) is 0 Å². The molecule has 0 aliphatic carbocycles. The van der Waals surface area contributed by atoms with E-state index in [2.05, 4.69) is 49.5 Å². The Bertz CT molecular complexity index is 294. The summed E-state index contributed by atoms with van der Waals surface area (Å²) in [4.78, 5) is 4.19. The molecule has 0 atom stereocenters. The molecule has 3 nitrogen and oxygen atoms in total. The van der Waals surface area contributed by atoms with Gasteiger partial charge >= 0.3 is 0 Å². The Morgan fingerprint density at radius 1 is 1.40 bits per heavy atom. The largest absolute Gasteiger partial charge is 0.332 e. The molecule has 3 heteroatoms. The molecule has 0 bridgehead atoms. The second-order valence-corrected chi connectivity index (χ2v) is 5.31. The van der Waals surface area contributed by atoms with Crippen molar-refractivity contribution < 1.29 is 0 Å². The van der Waals surface area contributed by atoms with Crippen molar-refractivity contribution in [1.82, 2.24) is 14.9 Å². The van der Waals surface area contributed by atoms with Crippen molar-refractivity contribution in [2.24, 2.45) is 0 Å². The molecular formula is C12H23N3.